The molecule has 1 aliphatic rings. The minimum Gasteiger partial charge on any atom is -0.481 e. The van der Waals surface area contributed by atoms with Crippen LogP contribution in [-0.2, 0) is 4.79 Å². The van der Waals surface area contributed by atoms with Gasteiger partial charge in [0, 0.05) is 25.5 Å². The van der Waals surface area contributed by atoms with Gasteiger partial charge in [0.1, 0.15) is 5.69 Å². The van der Waals surface area contributed by atoms with E-state index in [2.05, 4.69) is 10.1 Å². The number of hydrogen-bond donors (Lipinski definition) is 1. The molecular weight excluding hydrogens is 272 g/mol. The predicted octanol–water partition coefficient (Wildman–Crippen LogP) is 0.814. The second-order valence-corrected chi connectivity index (χ2v) is 4.91. The van der Waals surface area contributed by atoms with Crippen LogP contribution in [0.4, 0.5) is 0 Å². The van der Waals surface area contributed by atoms with E-state index in [4.69, 9.17) is 5.11 Å². The van der Waals surface area contributed by atoms with Crippen LogP contribution in [0.3, 0.4) is 0 Å². The van der Waals surface area contributed by atoms with Crippen molar-refractivity contribution in [3.63, 3.8) is 0 Å². The normalized spacial score (nSPS) is 17.9. The zero-order valence-electron chi connectivity index (χ0n) is 11.2. The first-order valence-electron chi connectivity index (χ1n) is 6.64. The van der Waals surface area contributed by atoms with Crippen molar-refractivity contribution < 1.29 is 14.7 Å². The number of aromatic nitrogens is 3. The summed E-state index contributed by atoms with van der Waals surface area (Å²) in [6.07, 6.45) is 3.86. The number of carbonyl (C=O) groups is 2. The summed E-state index contributed by atoms with van der Waals surface area (Å²) >= 11 is 0. The molecule has 1 fully saturated rings. The van der Waals surface area contributed by atoms with Crippen LogP contribution in [0.25, 0.3) is 5.82 Å². The molecule has 0 aliphatic carbocycles. The van der Waals surface area contributed by atoms with E-state index in [9.17, 15) is 9.59 Å². The van der Waals surface area contributed by atoms with Crippen LogP contribution in [0.15, 0.2) is 36.7 Å². The molecule has 21 heavy (non-hydrogen) atoms. The SMILES string of the molecule is O=C(O)C1CCN(C(=O)c2cccc(-n3cccn3)n2)C1. The van der Waals surface area contributed by atoms with Crippen molar-refractivity contribution in [2.45, 2.75) is 6.42 Å². The fourth-order valence-electron chi connectivity index (χ4n) is 2.38. The molecule has 108 valence electrons. The number of carbonyl (C=O) groups excluding carboxylic acids is 1. The lowest BCUT2D eigenvalue weighted by Crippen LogP contribution is -2.30. The maximum Gasteiger partial charge on any atom is 0.308 e. The van der Waals surface area contributed by atoms with Crippen LogP contribution in [0.2, 0.25) is 0 Å². The molecule has 0 bridgehead atoms. The van der Waals surface area contributed by atoms with Gasteiger partial charge in [-0.15, -0.1) is 0 Å². The lowest BCUT2D eigenvalue weighted by atomic mass is 10.1. The summed E-state index contributed by atoms with van der Waals surface area (Å²) in [6, 6.07) is 6.90. The van der Waals surface area contributed by atoms with E-state index in [-0.39, 0.29) is 12.5 Å². The second-order valence-electron chi connectivity index (χ2n) is 4.91. The molecule has 2 aromatic rings. The van der Waals surface area contributed by atoms with Gasteiger partial charge in [-0.05, 0) is 24.6 Å². The molecule has 1 atom stereocenters. The van der Waals surface area contributed by atoms with Crippen molar-refractivity contribution in [3.05, 3.63) is 42.4 Å². The van der Waals surface area contributed by atoms with Crippen molar-refractivity contribution >= 4 is 11.9 Å². The molecule has 0 aromatic carbocycles. The van der Waals surface area contributed by atoms with Gasteiger partial charge in [0.05, 0.1) is 5.92 Å². The van der Waals surface area contributed by atoms with Crippen molar-refractivity contribution in [2.24, 2.45) is 5.92 Å². The number of carboxylic acid groups (broad SMARTS) is 1. The predicted molar refractivity (Wildman–Crippen MR) is 73.0 cm³/mol. The average molecular weight is 286 g/mol. The number of nitrogens with zero attached hydrogens (tertiary/aromatic N) is 4. The zero-order valence-corrected chi connectivity index (χ0v) is 11.2. The molecule has 1 N–H and O–H groups in total. The fourth-order valence-corrected chi connectivity index (χ4v) is 2.38. The first-order valence-corrected chi connectivity index (χ1v) is 6.64. The van der Waals surface area contributed by atoms with Crippen LogP contribution in [0.5, 0.6) is 0 Å². The van der Waals surface area contributed by atoms with Crippen LogP contribution >= 0.6 is 0 Å². The van der Waals surface area contributed by atoms with Gasteiger partial charge in [-0.2, -0.15) is 5.10 Å². The molecule has 7 nitrogen and oxygen atoms in total. The van der Waals surface area contributed by atoms with Crippen LogP contribution < -0.4 is 0 Å². The summed E-state index contributed by atoms with van der Waals surface area (Å²) in [5, 5.41) is 13.1. The molecule has 7 heteroatoms. The van der Waals surface area contributed by atoms with E-state index in [1.807, 2.05) is 0 Å². The molecule has 0 spiro atoms. The summed E-state index contributed by atoms with van der Waals surface area (Å²) in [4.78, 5) is 29.2. The quantitative estimate of drug-likeness (QED) is 0.902. The Balaban J connectivity index is 1.80. The summed E-state index contributed by atoms with van der Waals surface area (Å²) in [7, 11) is 0. The number of rotatable bonds is 3. The van der Waals surface area contributed by atoms with Crippen LogP contribution in [0.1, 0.15) is 16.9 Å². The van der Waals surface area contributed by atoms with Crippen LogP contribution in [-0.4, -0.2) is 49.7 Å². The lowest BCUT2D eigenvalue weighted by Gasteiger charge is -2.15. The van der Waals surface area contributed by atoms with E-state index in [0.29, 0.717) is 24.5 Å². The Morgan fingerprint density at radius 3 is 2.81 bits per heavy atom. The minimum absolute atomic E-state index is 0.238. The van der Waals surface area contributed by atoms with Gasteiger partial charge in [0.25, 0.3) is 5.91 Å². The van der Waals surface area contributed by atoms with Gasteiger partial charge in [0.15, 0.2) is 5.82 Å². The number of amides is 1. The largest absolute Gasteiger partial charge is 0.481 e. The van der Waals surface area contributed by atoms with Gasteiger partial charge in [-0.1, -0.05) is 6.07 Å². The number of pyridine rings is 1. The smallest absolute Gasteiger partial charge is 0.308 e. The monoisotopic (exact) mass is 286 g/mol. The average Bonchev–Trinajstić information content (AvgIpc) is 3.18. The second kappa shape index (κ2) is 5.35. The standard InChI is InChI=1S/C14H14N4O3/c19-13(17-8-5-10(9-17)14(20)21)11-3-1-4-12(16-11)18-7-2-6-15-18/h1-4,6-7,10H,5,8-9H2,(H,20,21). The van der Waals surface area contributed by atoms with Crippen molar-refractivity contribution in [3.8, 4) is 5.82 Å². The molecule has 1 amide bonds. The van der Waals surface area contributed by atoms with E-state index < -0.39 is 11.9 Å². The van der Waals surface area contributed by atoms with Crippen LogP contribution in [0, 0.1) is 5.92 Å². The van der Waals surface area contributed by atoms with Crippen molar-refractivity contribution in [1.82, 2.24) is 19.7 Å². The third-order valence-electron chi connectivity index (χ3n) is 3.52. The van der Waals surface area contributed by atoms with Gasteiger partial charge in [-0.25, -0.2) is 9.67 Å². The van der Waals surface area contributed by atoms with E-state index in [0.717, 1.165) is 0 Å². The summed E-state index contributed by atoms with van der Waals surface area (Å²) < 4.78 is 1.57. The lowest BCUT2D eigenvalue weighted by molar-refractivity contribution is -0.141. The van der Waals surface area contributed by atoms with E-state index in [1.54, 1.807) is 41.3 Å². The molecule has 3 rings (SSSR count). The Labute approximate surface area is 120 Å². The molecular formula is C14H14N4O3. The fraction of sp³-hybridized carbons (Fsp3) is 0.286. The molecule has 1 aliphatic heterocycles. The number of carboxylic acids is 1. The molecule has 3 heterocycles. The first-order chi connectivity index (χ1) is 10.1. The van der Waals surface area contributed by atoms with Gasteiger partial charge < -0.3 is 10.0 Å². The molecule has 0 radical (unpaired) electrons. The van der Waals surface area contributed by atoms with E-state index in [1.165, 1.54) is 4.90 Å². The van der Waals surface area contributed by atoms with E-state index >= 15 is 0 Å². The zero-order chi connectivity index (χ0) is 14.8. The van der Waals surface area contributed by atoms with Crippen molar-refractivity contribution in [1.29, 1.82) is 0 Å². The third kappa shape index (κ3) is 2.62. The Kier molecular flexibility index (Phi) is 3.39. The molecule has 1 unspecified atom stereocenters. The number of hydrogen-bond acceptors (Lipinski definition) is 4. The molecule has 0 saturated carbocycles. The highest BCUT2D eigenvalue weighted by atomic mass is 16.4. The Bertz CT molecular complexity index is 669. The first kappa shape index (κ1) is 13.3. The highest BCUT2D eigenvalue weighted by molar-refractivity contribution is 5.93. The Morgan fingerprint density at radius 2 is 2.14 bits per heavy atom. The molecule has 1 saturated heterocycles. The maximum absolute atomic E-state index is 12.4. The topological polar surface area (TPSA) is 88.3 Å². The molecule has 2 aromatic heterocycles. The Hall–Kier alpha value is -2.70. The van der Waals surface area contributed by atoms with Gasteiger partial charge in [-0.3, -0.25) is 9.59 Å². The maximum atomic E-state index is 12.4. The highest BCUT2D eigenvalue weighted by Gasteiger charge is 2.31. The van der Waals surface area contributed by atoms with Gasteiger partial charge in [0.2, 0.25) is 0 Å². The highest BCUT2D eigenvalue weighted by Crippen LogP contribution is 2.18. The summed E-state index contributed by atoms with van der Waals surface area (Å²) in [5.74, 6) is -1.03. The Morgan fingerprint density at radius 1 is 1.29 bits per heavy atom. The number of aliphatic carboxylic acids is 1. The third-order valence-corrected chi connectivity index (χ3v) is 3.52. The van der Waals surface area contributed by atoms with Gasteiger partial charge >= 0.3 is 5.97 Å². The minimum atomic E-state index is -0.858. The van der Waals surface area contributed by atoms with Crippen molar-refractivity contribution in [2.75, 3.05) is 13.1 Å². The summed E-state index contributed by atoms with van der Waals surface area (Å²) in [5.41, 5.74) is 0.300. The number of likely N-dealkylation sites (tertiary alicyclic amines) is 1. The summed E-state index contributed by atoms with van der Waals surface area (Å²) in [6.45, 7) is 0.686.